The normalized spacial score (nSPS) is 14.4. The molecule has 0 aliphatic rings. The van der Waals surface area contributed by atoms with Gasteiger partial charge in [-0.25, -0.2) is 4.57 Å². The van der Waals surface area contributed by atoms with E-state index < -0.39 is 58.4 Å². The molecular formula is C33H63O10P. The maximum atomic E-state index is 12.2. The number of allylic oxidation sites excluding steroid dienone is 2. The van der Waals surface area contributed by atoms with Crippen LogP contribution in [0.4, 0.5) is 0 Å². The number of aliphatic hydroxyl groups is 2. The van der Waals surface area contributed by atoms with E-state index in [-0.39, 0.29) is 12.8 Å². The van der Waals surface area contributed by atoms with E-state index in [0.29, 0.717) is 12.8 Å². The van der Waals surface area contributed by atoms with E-state index in [1.807, 2.05) is 0 Å². The van der Waals surface area contributed by atoms with Crippen molar-refractivity contribution in [3.63, 3.8) is 0 Å². The zero-order valence-corrected chi connectivity index (χ0v) is 28.5. The van der Waals surface area contributed by atoms with E-state index in [1.165, 1.54) is 38.5 Å². The standard InChI is InChI=1S/C33H63O10P/c1-3-5-7-9-11-12-13-14-15-16-17-18-19-21-23-25-33(37)43-31(27-35)29-41-44(38,39)40-28-30(26-34)42-32(36)24-22-20-10-8-6-4-2/h14-15,30-31,34-35H,3-13,16-29H2,1-2H3,(H,38,39)/b15-14-. The van der Waals surface area contributed by atoms with Crippen LogP contribution in [-0.4, -0.2) is 65.7 Å². The molecule has 0 radical (unpaired) electrons. The van der Waals surface area contributed by atoms with E-state index >= 15 is 0 Å². The van der Waals surface area contributed by atoms with Crippen LogP contribution < -0.4 is 0 Å². The van der Waals surface area contributed by atoms with Crippen molar-refractivity contribution in [3.05, 3.63) is 12.2 Å². The summed E-state index contributed by atoms with van der Waals surface area (Å²) in [6.07, 6.45) is 23.7. The molecule has 0 rings (SSSR count). The number of carbonyl (C=O) groups excluding carboxylic acids is 2. The van der Waals surface area contributed by atoms with Crippen LogP contribution in [0.15, 0.2) is 12.2 Å². The molecule has 0 aliphatic carbocycles. The average molecular weight is 651 g/mol. The number of hydrogen-bond donors (Lipinski definition) is 3. The number of aliphatic hydroxyl groups excluding tert-OH is 2. The smallest absolute Gasteiger partial charge is 0.457 e. The van der Waals surface area contributed by atoms with Gasteiger partial charge in [0.15, 0.2) is 0 Å². The first kappa shape index (κ1) is 42.7. The molecule has 11 heteroatoms. The van der Waals surface area contributed by atoms with Gasteiger partial charge in [-0.1, -0.05) is 109 Å². The van der Waals surface area contributed by atoms with Gasteiger partial charge in [0.25, 0.3) is 0 Å². The first-order chi connectivity index (χ1) is 21.3. The Morgan fingerprint density at radius 1 is 0.591 bits per heavy atom. The molecule has 0 aromatic heterocycles. The van der Waals surface area contributed by atoms with Crippen LogP contribution in [-0.2, 0) is 32.7 Å². The molecule has 44 heavy (non-hydrogen) atoms. The second-order valence-corrected chi connectivity index (χ2v) is 13.0. The zero-order chi connectivity index (χ0) is 32.7. The molecule has 0 saturated carbocycles. The molecule has 0 amide bonds. The molecule has 0 saturated heterocycles. The van der Waals surface area contributed by atoms with Crippen molar-refractivity contribution in [1.29, 1.82) is 0 Å². The lowest BCUT2D eigenvalue weighted by Crippen LogP contribution is -2.28. The lowest BCUT2D eigenvalue weighted by atomic mass is 10.1. The summed E-state index contributed by atoms with van der Waals surface area (Å²) in [6.45, 7) is 2.09. The third-order valence-electron chi connectivity index (χ3n) is 7.23. The van der Waals surface area contributed by atoms with E-state index in [4.69, 9.17) is 18.5 Å². The number of rotatable bonds is 32. The van der Waals surface area contributed by atoms with E-state index in [9.17, 15) is 29.3 Å². The van der Waals surface area contributed by atoms with Gasteiger partial charge >= 0.3 is 19.8 Å². The number of unbranched alkanes of at least 4 members (excludes halogenated alkanes) is 16. The molecule has 260 valence electrons. The second-order valence-electron chi connectivity index (χ2n) is 11.5. The molecular weight excluding hydrogens is 587 g/mol. The highest BCUT2D eigenvalue weighted by Crippen LogP contribution is 2.43. The highest BCUT2D eigenvalue weighted by Gasteiger charge is 2.27. The van der Waals surface area contributed by atoms with Gasteiger partial charge in [-0.3, -0.25) is 18.6 Å². The monoisotopic (exact) mass is 650 g/mol. The maximum Gasteiger partial charge on any atom is 0.472 e. The number of esters is 2. The Bertz CT molecular complexity index is 761. The van der Waals surface area contributed by atoms with Gasteiger partial charge in [-0.15, -0.1) is 0 Å². The molecule has 0 bridgehead atoms. The zero-order valence-electron chi connectivity index (χ0n) is 27.6. The van der Waals surface area contributed by atoms with Crippen molar-refractivity contribution >= 4 is 19.8 Å². The predicted octanol–water partition coefficient (Wildman–Crippen LogP) is 7.72. The van der Waals surface area contributed by atoms with Crippen molar-refractivity contribution < 1.29 is 47.8 Å². The van der Waals surface area contributed by atoms with Gasteiger partial charge in [-0.05, 0) is 38.5 Å². The Kier molecular flexibility index (Phi) is 29.5. The minimum Gasteiger partial charge on any atom is -0.457 e. The Morgan fingerprint density at radius 3 is 1.30 bits per heavy atom. The average Bonchev–Trinajstić information content (AvgIpc) is 3.01. The van der Waals surface area contributed by atoms with Crippen molar-refractivity contribution in [2.24, 2.45) is 0 Å². The SMILES string of the molecule is CCCCCCCC/C=C\CCCCCCCC(=O)OC(CO)COP(=O)(O)OCC(CO)OC(=O)CCCCCCCC. The first-order valence-electron chi connectivity index (χ1n) is 17.1. The summed E-state index contributed by atoms with van der Waals surface area (Å²) >= 11 is 0. The summed E-state index contributed by atoms with van der Waals surface area (Å²) in [4.78, 5) is 34.0. The highest BCUT2D eigenvalue weighted by atomic mass is 31.2. The van der Waals surface area contributed by atoms with Gasteiger partial charge in [-0.2, -0.15) is 0 Å². The lowest BCUT2D eigenvalue weighted by Gasteiger charge is -2.20. The number of phosphoric ester groups is 1. The fraction of sp³-hybridized carbons (Fsp3) is 0.879. The molecule has 0 fully saturated rings. The van der Waals surface area contributed by atoms with Crippen molar-refractivity contribution in [2.75, 3.05) is 26.4 Å². The maximum absolute atomic E-state index is 12.2. The largest absolute Gasteiger partial charge is 0.472 e. The lowest BCUT2D eigenvalue weighted by molar-refractivity contribution is -0.153. The van der Waals surface area contributed by atoms with Gasteiger partial charge in [0, 0.05) is 12.8 Å². The molecule has 0 aliphatic heterocycles. The third-order valence-corrected chi connectivity index (χ3v) is 8.18. The van der Waals surface area contributed by atoms with E-state index in [1.54, 1.807) is 0 Å². The summed E-state index contributed by atoms with van der Waals surface area (Å²) in [7, 11) is -4.61. The van der Waals surface area contributed by atoms with Crippen LogP contribution >= 0.6 is 7.82 Å². The Hall–Kier alpha value is -1.29. The predicted molar refractivity (Wildman–Crippen MR) is 173 cm³/mol. The van der Waals surface area contributed by atoms with Crippen LogP contribution in [0, 0.1) is 0 Å². The minimum atomic E-state index is -4.61. The highest BCUT2D eigenvalue weighted by molar-refractivity contribution is 7.47. The van der Waals surface area contributed by atoms with Gasteiger partial charge < -0.3 is 24.6 Å². The van der Waals surface area contributed by atoms with Gasteiger partial charge in [0.1, 0.15) is 12.2 Å². The fourth-order valence-electron chi connectivity index (χ4n) is 4.52. The molecule has 0 spiro atoms. The van der Waals surface area contributed by atoms with Gasteiger partial charge in [0.05, 0.1) is 26.4 Å². The van der Waals surface area contributed by atoms with Crippen LogP contribution in [0.3, 0.4) is 0 Å². The second kappa shape index (κ2) is 30.4. The van der Waals surface area contributed by atoms with Crippen molar-refractivity contribution in [2.45, 2.75) is 161 Å². The molecule has 10 nitrogen and oxygen atoms in total. The number of phosphoric acid groups is 1. The third kappa shape index (κ3) is 28.2. The summed E-state index contributed by atoms with van der Waals surface area (Å²) < 4.78 is 32.2. The molecule has 3 unspecified atom stereocenters. The van der Waals surface area contributed by atoms with Crippen molar-refractivity contribution in [3.8, 4) is 0 Å². The molecule has 0 aromatic rings. The van der Waals surface area contributed by atoms with E-state index in [0.717, 1.165) is 70.6 Å². The summed E-state index contributed by atoms with van der Waals surface area (Å²) in [5, 5.41) is 18.9. The summed E-state index contributed by atoms with van der Waals surface area (Å²) in [5.74, 6) is -1.04. The summed E-state index contributed by atoms with van der Waals surface area (Å²) in [5.41, 5.74) is 0. The van der Waals surface area contributed by atoms with Gasteiger partial charge in [0.2, 0.25) is 0 Å². The van der Waals surface area contributed by atoms with E-state index in [2.05, 4.69) is 26.0 Å². The molecule has 3 atom stereocenters. The minimum absolute atomic E-state index is 0.185. The molecule has 0 heterocycles. The Morgan fingerprint density at radius 2 is 0.932 bits per heavy atom. The van der Waals surface area contributed by atoms with Crippen molar-refractivity contribution in [1.82, 2.24) is 0 Å². The first-order valence-corrected chi connectivity index (χ1v) is 18.6. The Labute approximate surface area is 266 Å². The molecule has 3 N–H and O–H groups in total. The van der Waals surface area contributed by atoms with Crippen LogP contribution in [0.2, 0.25) is 0 Å². The number of hydrogen-bond acceptors (Lipinski definition) is 9. The topological polar surface area (TPSA) is 149 Å². The molecule has 0 aromatic carbocycles. The summed E-state index contributed by atoms with van der Waals surface area (Å²) in [6, 6.07) is 0. The fourth-order valence-corrected chi connectivity index (χ4v) is 5.30. The quantitative estimate of drug-likeness (QED) is 0.0286. The van der Waals surface area contributed by atoms with Crippen LogP contribution in [0.1, 0.15) is 149 Å². The number of ether oxygens (including phenoxy) is 2. The van der Waals surface area contributed by atoms with Crippen LogP contribution in [0.5, 0.6) is 0 Å². The Balaban J connectivity index is 4.00. The number of carbonyl (C=O) groups is 2. The van der Waals surface area contributed by atoms with Crippen LogP contribution in [0.25, 0.3) is 0 Å².